The Morgan fingerprint density at radius 2 is 1.44 bits per heavy atom. The van der Waals surface area contributed by atoms with Crippen molar-refractivity contribution in [1.82, 2.24) is 9.80 Å². The largest absolute Gasteiger partial charge is 0.496 e. The average molecular weight is 465 g/mol. The van der Waals surface area contributed by atoms with Crippen molar-refractivity contribution in [2.45, 2.75) is 13.0 Å². The Kier molecular flexibility index (Phi) is 8.59. The van der Waals surface area contributed by atoms with Gasteiger partial charge in [-0.25, -0.2) is 9.59 Å². The molecule has 2 N–H and O–H groups in total. The van der Waals surface area contributed by atoms with Crippen LogP contribution in [0.5, 0.6) is 5.75 Å². The zero-order valence-corrected chi connectivity index (χ0v) is 19.0. The minimum absolute atomic E-state index is 0.216. The summed E-state index contributed by atoms with van der Waals surface area (Å²) in [7, 11) is 1.73. The Morgan fingerprint density at radius 3 is 2.06 bits per heavy atom. The first-order valence-corrected chi connectivity index (χ1v) is 10.9. The number of hydrogen-bond donors (Lipinski definition) is 2. The molecule has 1 fully saturated rings. The summed E-state index contributed by atoms with van der Waals surface area (Å²) in [5, 5.41) is 17.3. The van der Waals surface area contributed by atoms with E-state index in [1.165, 1.54) is 16.3 Å². The normalized spacial score (nSPS) is 13.6. The number of ether oxygens (including phenoxy) is 1. The maximum atomic E-state index is 12.6. The van der Waals surface area contributed by atoms with Crippen molar-refractivity contribution in [3.8, 4) is 5.75 Å². The van der Waals surface area contributed by atoms with E-state index in [0.717, 1.165) is 44.0 Å². The van der Waals surface area contributed by atoms with Crippen LogP contribution in [0.25, 0.3) is 10.8 Å². The van der Waals surface area contributed by atoms with Gasteiger partial charge in [0.2, 0.25) is 5.91 Å². The van der Waals surface area contributed by atoms with Gasteiger partial charge in [-0.05, 0) is 22.4 Å². The molecule has 0 bridgehead atoms. The molecule has 0 spiro atoms. The highest BCUT2D eigenvalue weighted by Gasteiger charge is 2.22. The second-order valence-electron chi connectivity index (χ2n) is 7.90. The monoisotopic (exact) mass is 464 g/mol. The molecule has 1 saturated heterocycles. The molecule has 0 saturated carbocycles. The third-order valence-corrected chi connectivity index (χ3v) is 5.71. The topological polar surface area (TPSA) is 107 Å². The minimum Gasteiger partial charge on any atom is -0.496 e. The number of piperazine rings is 1. The summed E-state index contributed by atoms with van der Waals surface area (Å²) in [6.45, 7) is 4.16. The smallest absolute Gasteiger partial charge is 0.414 e. The summed E-state index contributed by atoms with van der Waals surface area (Å²) in [6.07, 6.45) is 0.484. The molecule has 8 heteroatoms. The Balaban J connectivity index is 0.000000481. The molecule has 3 aromatic rings. The van der Waals surface area contributed by atoms with Crippen LogP contribution in [0.4, 0.5) is 0 Å². The van der Waals surface area contributed by atoms with Crippen LogP contribution in [-0.2, 0) is 27.3 Å². The van der Waals surface area contributed by atoms with Gasteiger partial charge in [0.25, 0.3) is 0 Å². The summed E-state index contributed by atoms with van der Waals surface area (Å²) in [6, 6.07) is 22.6. The van der Waals surface area contributed by atoms with E-state index < -0.39 is 11.9 Å². The lowest BCUT2D eigenvalue weighted by Gasteiger charge is -2.35. The number of carbonyl (C=O) groups is 3. The number of carboxylic acids is 2. The van der Waals surface area contributed by atoms with Crippen molar-refractivity contribution in [2.24, 2.45) is 0 Å². The van der Waals surface area contributed by atoms with Crippen molar-refractivity contribution in [3.63, 3.8) is 0 Å². The Labute approximate surface area is 198 Å². The number of carboxylic acid groups (broad SMARTS) is 2. The van der Waals surface area contributed by atoms with Gasteiger partial charge in [-0.15, -0.1) is 0 Å². The average Bonchev–Trinajstić information content (AvgIpc) is 2.85. The van der Waals surface area contributed by atoms with E-state index in [-0.39, 0.29) is 5.91 Å². The lowest BCUT2D eigenvalue weighted by Crippen LogP contribution is -2.48. The molecule has 4 rings (SSSR count). The first kappa shape index (κ1) is 24.7. The van der Waals surface area contributed by atoms with Gasteiger partial charge >= 0.3 is 11.9 Å². The van der Waals surface area contributed by atoms with E-state index >= 15 is 0 Å². The van der Waals surface area contributed by atoms with Crippen LogP contribution in [-0.4, -0.2) is 71.1 Å². The number of nitrogens with zero attached hydrogens (tertiary/aromatic N) is 2. The lowest BCUT2D eigenvalue weighted by molar-refractivity contribution is -0.159. The van der Waals surface area contributed by atoms with Crippen LogP contribution in [0.15, 0.2) is 66.7 Å². The summed E-state index contributed by atoms with van der Waals surface area (Å²) in [4.78, 5) is 35.2. The molecule has 0 atom stereocenters. The van der Waals surface area contributed by atoms with Gasteiger partial charge in [-0.2, -0.15) is 0 Å². The molecule has 0 unspecified atom stereocenters. The zero-order chi connectivity index (χ0) is 24.5. The SMILES string of the molecule is COc1ccc2ccccc2c1CN1CCN(C(=O)Cc2ccccc2)CC1.O=C(O)C(=O)O. The molecular weight excluding hydrogens is 436 g/mol. The van der Waals surface area contributed by atoms with E-state index in [9.17, 15) is 4.79 Å². The number of benzene rings is 3. The lowest BCUT2D eigenvalue weighted by atomic mass is 10.0. The van der Waals surface area contributed by atoms with E-state index in [2.05, 4.69) is 41.3 Å². The molecule has 1 aliphatic rings. The van der Waals surface area contributed by atoms with E-state index in [0.29, 0.717) is 6.42 Å². The molecule has 1 amide bonds. The number of methoxy groups -OCH3 is 1. The summed E-state index contributed by atoms with van der Waals surface area (Å²) in [5.41, 5.74) is 2.31. The number of rotatable bonds is 5. The molecule has 1 aliphatic heterocycles. The summed E-state index contributed by atoms with van der Waals surface area (Å²) >= 11 is 0. The molecule has 8 nitrogen and oxygen atoms in total. The Bertz CT molecular complexity index is 1130. The predicted octanol–water partition coefficient (Wildman–Crippen LogP) is 2.89. The highest BCUT2D eigenvalue weighted by atomic mass is 16.5. The molecule has 0 radical (unpaired) electrons. The highest BCUT2D eigenvalue weighted by Crippen LogP contribution is 2.29. The van der Waals surface area contributed by atoms with Crippen LogP contribution in [0, 0.1) is 0 Å². The van der Waals surface area contributed by atoms with Crippen LogP contribution in [0.3, 0.4) is 0 Å². The molecule has 3 aromatic carbocycles. The van der Waals surface area contributed by atoms with Gasteiger partial charge in [0.15, 0.2) is 0 Å². The third-order valence-electron chi connectivity index (χ3n) is 5.71. The van der Waals surface area contributed by atoms with Crippen LogP contribution in [0.1, 0.15) is 11.1 Å². The standard InChI is InChI=1S/C24H26N2O2.C2H2O4/c1-28-23-12-11-20-9-5-6-10-21(20)22(23)18-25-13-15-26(16-14-25)24(27)17-19-7-3-2-4-8-19;3-1(4)2(5)6/h2-12H,13-18H2,1H3;(H,3,4)(H,5,6). The predicted molar refractivity (Wildman–Crippen MR) is 128 cm³/mol. The van der Waals surface area contributed by atoms with Crippen LogP contribution >= 0.6 is 0 Å². The highest BCUT2D eigenvalue weighted by molar-refractivity contribution is 6.27. The molecular formula is C26H28N2O6. The number of aliphatic carboxylic acids is 2. The maximum absolute atomic E-state index is 12.6. The fourth-order valence-electron chi connectivity index (χ4n) is 3.93. The number of hydrogen-bond acceptors (Lipinski definition) is 5. The van der Waals surface area contributed by atoms with Gasteiger partial charge in [0.1, 0.15) is 5.75 Å². The molecule has 34 heavy (non-hydrogen) atoms. The molecule has 178 valence electrons. The van der Waals surface area contributed by atoms with Crippen molar-refractivity contribution in [3.05, 3.63) is 77.9 Å². The Morgan fingerprint density at radius 1 is 0.824 bits per heavy atom. The maximum Gasteiger partial charge on any atom is 0.414 e. The number of amides is 1. The van der Waals surface area contributed by atoms with Crippen LogP contribution < -0.4 is 4.74 Å². The first-order valence-electron chi connectivity index (χ1n) is 10.9. The number of fused-ring (bicyclic) bond motifs is 1. The number of carbonyl (C=O) groups excluding carboxylic acids is 1. The van der Waals surface area contributed by atoms with Gasteiger partial charge in [-0.1, -0.05) is 60.7 Å². The van der Waals surface area contributed by atoms with E-state index in [1.807, 2.05) is 35.2 Å². The van der Waals surface area contributed by atoms with Crippen molar-refractivity contribution >= 4 is 28.6 Å². The Hall–Kier alpha value is -3.91. The molecule has 0 aliphatic carbocycles. The molecule has 0 aromatic heterocycles. The van der Waals surface area contributed by atoms with Crippen molar-refractivity contribution in [2.75, 3.05) is 33.3 Å². The van der Waals surface area contributed by atoms with E-state index in [1.54, 1.807) is 7.11 Å². The van der Waals surface area contributed by atoms with Gasteiger partial charge in [-0.3, -0.25) is 9.69 Å². The third kappa shape index (κ3) is 6.55. The zero-order valence-electron chi connectivity index (χ0n) is 19.0. The van der Waals surface area contributed by atoms with E-state index in [4.69, 9.17) is 24.5 Å². The van der Waals surface area contributed by atoms with Gasteiger partial charge < -0.3 is 19.8 Å². The van der Waals surface area contributed by atoms with Gasteiger partial charge in [0.05, 0.1) is 13.5 Å². The summed E-state index contributed by atoms with van der Waals surface area (Å²) < 4.78 is 5.63. The minimum atomic E-state index is -1.82. The van der Waals surface area contributed by atoms with Crippen molar-refractivity contribution in [1.29, 1.82) is 0 Å². The summed E-state index contributed by atoms with van der Waals surface area (Å²) in [5.74, 6) is -2.50. The van der Waals surface area contributed by atoms with Crippen molar-refractivity contribution < 1.29 is 29.3 Å². The quantitative estimate of drug-likeness (QED) is 0.559. The second-order valence-corrected chi connectivity index (χ2v) is 7.90. The molecule has 1 heterocycles. The van der Waals surface area contributed by atoms with Gasteiger partial charge in [0, 0.05) is 38.3 Å². The first-order chi connectivity index (χ1) is 16.4. The fourth-order valence-corrected chi connectivity index (χ4v) is 3.93. The fraction of sp³-hybridized carbons (Fsp3) is 0.269. The van der Waals surface area contributed by atoms with Crippen LogP contribution in [0.2, 0.25) is 0 Å². The second kappa shape index (κ2) is 11.8.